The number of nitrogens with zero attached hydrogens (tertiary/aromatic N) is 1. The maximum absolute atomic E-state index is 14.2. The van der Waals surface area contributed by atoms with Crippen molar-refractivity contribution in [2.45, 2.75) is 72.4 Å². The molecule has 3 aromatic carbocycles. The van der Waals surface area contributed by atoms with E-state index in [1.54, 1.807) is 7.11 Å². The van der Waals surface area contributed by atoms with E-state index in [0.717, 1.165) is 52.1 Å². The summed E-state index contributed by atoms with van der Waals surface area (Å²) in [6, 6.07) is 23.7. The fourth-order valence-electron chi connectivity index (χ4n) is 7.11. The normalized spacial score (nSPS) is 19.5. The van der Waals surface area contributed by atoms with Crippen LogP contribution in [0.5, 0.6) is 11.5 Å². The summed E-state index contributed by atoms with van der Waals surface area (Å²) >= 11 is 6.17. The minimum Gasteiger partial charge on any atom is -0.493 e. The van der Waals surface area contributed by atoms with Crippen LogP contribution in [-0.2, 0) is 22.7 Å². The first-order valence-electron chi connectivity index (χ1n) is 15.3. The lowest BCUT2D eigenvalue weighted by Crippen LogP contribution is -2.44. The number of allylic oxidation sites excluding steroid dienone is 4. The van der Waals surface area contributed by atoms with Gasteiger partial charge in [0.25, 0.3) is 0 Å². The van der Waals surface area contributed by atoms with Crippen molar-refractivity contribution in [3.8, 4) is 11.5 Å². The highest BCUT2D eigenvalue weighted by atomic mass is 35.5. The summed E-state index contributed by atoms with van der Waals surface area (Å²) in [4.78, 5) is 30.6. The molecule has 6 rings (SSSR count). The van der Waals surface area contributed by atoms with E-state index in [1.807, 2.05) is 60.7 Å². The summed E-state index contributed by atoms with van der Waals surface area (Å²) in [6.45, 7) is 9.62. The van der Waals surface area contributed by atoms with Crippen molar-refractivity contribution in [2.75, 3.05) is 7.11 Å². The van der Waals surface area contributed by atoms with Gasteiger partial charge in [-0.15, -0.1) is 0 Å². The van der Waals surface area contributed by atoms with Crippen LogP contribution in [0.1, 0.15) is 76.0 Å². The van der Waals surface area contributed by atoms with Gasteiger partial charge in [0.2, 0.25) is 0 Å². The molecule has 0 saturated heterocycles. The minimum absolute atomic E-state index is 0.115. The Balaban J connectivity index is 1.47. The lowest BCUT2D eigenvalue weighted by Gasteiger charge is -2.49. The lowest BCUT2D eigenvalue weighted by molar-refractivity contribution is -0.119. The Labute approximate surface area is 265 Å². The van der Waals surface area contributed by atoms with Gasteiger partial charge in [0.1, 0.15) is 6.61 Å². The molecule has 0 atom stereocenters. The lowest BCUT2D eigenvalue weighted by atomic mass is 9.63. The molecular formula is C38H40ClNO4. The number of benzene rings is 3. The Bertz CT molecular complexity index is 1630. The average molecular weight is 610 g/mol. The van der Waals surface area contributed by atoms with E-state index >= 15 is 0 Å². The molecule has 3 aromatic rings. The first-order valence-corrected chi connectivity index (χ1v) is 15.7. The van der Waals surface area contributed by atoms with E-state index < -0.39 is 5.92 Å². The van der Waals surface area contributed by atoms with Gasteiger partial charge < -0.3 is 14.4 Å². The summed E-state index contributed by atoms with van der Waals surface area (Å²) in [5, 5.41) is 0.654. The van der Waals surface area contributed by atoms with Gasteiger partial charge in [-0.05, 0) is 64.6 Å². The maximum atomic E-state index is 14.2. The molecular weight excluding hydrogens is 570 g/mol. The van der Waals surface area contributed by atoms with Crippen molar-refractivity contribution in [1.82, 2.24) is 4.90 Å². The number of rotatable bonds is 7. The summed E-state index contributed by atoms with van der Waals surface area (Å²) in [6.07, 6.45) is 2.42. The fraction of sp³-hybridized carbons (Fsp3) is 0.368. The maximum Gasteiger partial charge on any atom is 0.162 e. The Morgan fingerprint density at radius 3 is 1.95 bits per heavy atom. The molecule has 0 bridgehead atoms. The number of Topliss-reactive ketones (excluding diaryl/α,β-unsaturated/α-hetero) is 2. The zero-order valence-electron chi connectivity index (χ0n) is 26.2. The zero-order valence-corrected chi connectivity index (χ0v) is 27.0. The van der Waals surface area contributed by atoms with Crippen LogP contribution >= 0.6 is 11.6 Å². The molecule has 0 aromatic heterocycles. The van der Waals surface area contributed by atoms with Gasteiger partial charge in [-0.3, -0.25) is 9.59 Å². The molecule has 0 spiro atoms. The van der Waals surface area contributed by atoms with Gasteiger partial charge in [0.05, 0.1) is 7.11 Å². The summed E-state index contributed by atoms with van der Waals surface area (Å²) in [5.74, 6) is 0.934. The predicted octanol–water partition coefficient (Wildman–Crippen LogP) is 8.81. The second-order valence-corrected chi connectivity index (χ2v) is 14.4. The van der Waals surface area contributed by atoms with E-state index in [-0.39, 0.29) is 22.4 Å². The SMILES string of the molecule is COc1cc(C2C3=C(CC(C)(C)CC3=O)N(Cc3ccccc3)C3=C2C(=O)CC(C)(C)C3)ccc1OCc1cccc(Cl)c1. The van der Waals surface area contributed by atoms with Crippen LogP contribution in [0.15, 0.2) is 95.3 Å². The number of halogens is 1. The summed E-state index contributed by atoms with van der Waals surface area (Å²) in [5.41, 5.74) is 6.20. The van der Waals surface area contributed by atoms with Crippen LogP contribution < -0.4 is 9.47 Å². The van der Waals surface area contributed by atoms with Crippen LogP contribution in [0.2, 0.25) is 5.02 Å². The molecule has 2 aliphatic carbocycles. The monoisotopic (exact) mass is 609 g/mol. The van der Waals surface area contributed by atoms with E-state index in [2.05, 4.69) is 44.7 Å². The van der Waals surface area contributed by atoms with Crippen LogP contribution in [0.3, 0.4) is 0 Å². The van der Waals surface area contributed by atoms with Crippen molar-refractivity contribution in [1.29, 1.82) is 0 Å². The topological polar surface area (TPSA) is 55.8 Å². The van der Waals surface area contributed by atoms with Crippen molar-refractivity contribution in [2.24, 2.45) is 10.8 Å². The molecule has 0 radical (unpaired) electrons. The smallest absolute Gasteiger partial charge is 0.162 e. The number of ketones is 2. The van der Waals surface area contributed by atoms with Crippen molar-refractivity contribution < 1.29 is 19.1 Å². The third kappa shape index (κ3) is 5.95. The van der Waals surface area contributed by atoms with Crippen molar-refractivity contribution in [3.63, 3.8) is 0 Å². The number of hydrogen-bond donors (Lipinski definition) is 0. The number of carbonyl (C=O) groups is 2. The molecule has 44 heavy (non-hydrogen) atoms. The van der Waals surface area contributed by atoms with Crippen molar-refractivity contribution in [3.05, 3.63) is 117 Å². The van der Waals surface area contributed by atoms with Crippen LogP contribution in [-0.4, -0.2) is 23.6 Å². The molecule has 0 saturated carbocycles. The number of hydrogen-bond acceptors (Lipinski definition) is 5. The first-order chi connectivity index (χ1) is 20.9. The average Bonchev–Trinajstić information content (AvgIpc) is 2.96. The summed E-state index contributed by atoms with van der Waals surface area (Å²) < 4.78 is 12.0. The standard InChI is InChI=1S/C38H40ClNO4/c1-37(2)18-28-35(30(41)20-37)34(26-14-15-32(33(17-26)43-5)44-23-25-12-9-13-27(39)16-25)36-29(19-38(3,4)21-31(36)42)40(28)22-24-10-7-6-8-11-24/h6-17,34H,18-23H2,1-5H3. The van der Waals surface area contributed by atoms with Crippen LogP contribution in [0, 0.1) is 10.8 Å². The largest absolute Gasteiger partial charge is 0.493 e. The summed E-state index contributed by atoms with van der Waals surface area (Å²) in [7, 11) is 1.62. The second-order valence-electron chi connectivity index (χ2n) is 13.9. The highest BCUT2D eigenvalue weighted by Crippen LogP contribution is 2.55. The number of ether oxygens (including phenoxy) is 2. The Morgan fingerprint density at radius 1 is 0.750 bits per heavy atom. The van der Waals surface area contributed by atoms with Gasteiger partial charge in [0, 0.05) is 52.9 Å². The van der Waals surface area contributed by atoms with Crippen molar-refractivity contribution >= 4 is 23.2 Å². The highest BCUT2D eigenvalue weighted by molar-refractivity contribution is 6.30. The van der Waals surface area contributed by atoms with E-state index in [0.29, 0.717) is 42.5 Å². The predicted molar refractivity (Wildman–Crippen MR) is 174 cm³/mol. The fourth-order valence-corrected chi connectivity index (χ4v) is 7.32. The van der Waals surface area contributed by atoms with Crippen LogP contribution in [0.25, 0.3) is 0 Å². The Morgan fingerprint density at radius 2 is 1.36 bits per heavy atom. The zero-order chi connectivity index (χ0) is 31.2. The third-order valence-electron chi connectivity index (χ3n) is 9.01. The first kappa shape index (κ1) is 30.2. The second kappa shape index (κ2) is 11.6. The Hall–Kier alpha value is -3.83. The molecule has 0 N–H and O–H groups in total. The van der Waals surface area contributed by atoms with E-state index in [9.17, 15) is 9.59 Å². The van der Waals surface area contributed by atoms with Gasteiger partial charge in [-0.25, -0.2) is 0 Å². The highest BCUT2D eigenvalue weighted by Gasteiger charge is 2.49. The van der Waals surface area contributed by atoms with Gasteiger partial charge >= 0.3 is 0 Å². The van der Waals surface area contributed by atoms with E-state index in [4.69, 9.17) is 21.1 Å². The number of carbonyl (C=O) groups excluding carboxylic acids is 2. The van der Waals surface area contributed by atoms with E-state index in [1.165, 1.54) is 0 Å². The molecule has 3 aliphatic rings. The van der Waals surface area contributed by atoms with Gasteiger partial charge in [0.15, 0.2) is 23.1 Å². The quantitative estimate of drug-likeness (QED) is 0.268. The Kier molecular flexibility index (Phi) is 7.96. The third-order valence-corrected chi connectivity index (χ3v) is 9.24. The molecule has 6 heteroatoms. The molecule has 0 fully saturated rings. The van der Waals surface area contributed by atoms with Crippen LogP contribution in [0.4, 0.5) is 0 Å². The number of methoxy groups -OCH3 is 1. The minimum atomic E-state index is -0.449. The molecule has 1 aliphatic heterocycles. The van der Waals surface area contributed by atoms with Gasteiger partial charge in [-0.2, -0.15) is 0 Å². The molecule has 0 amide bonds. The molecule has 1 heterocycles. The molecule has 5 nitrogen and oxygen atoms in total. The van der Waals surface area contributed by atoms with Gasteiger partial charge in [-0.1, -0.05) is 87.8 Å². The molecule has 0 unspecified atom stereocenters. The molecule has 228 valence electrons.